The molecule has 0 saturated heterocycles. The first-order valence-electron chi connectivity index (χ1n) is 8.95. The van der Waals surface area contributed by atoms with E-state index < -0.39 is 0 Å². The number of nitrogens with one attached hydrogen (secondary N) is 2. The van der Waals surface area contributed by atoms with Crippen LogP contribution in [0.25, 0.3) is 28.2 Å². The van der Waals surface area contributed by atoms with Gasteiger partial charge in [-0.2, -0.15) is 4.80 Å². The number of nitrogens with two attached hydrogens (primary N) is 2. The van der Waals surface area contributed by atoms with E-state index in [4.69, 9.17) is 32.5 Å². The molecule has 0 unspecified atom stereocenters. The lowest BCUT2D eigenvalue weighted by Gasteiger charge is -2.04. The van der Waals surface area contributed by atoms with Crippen LogP contribution in [0.5, 0.6) is 0 Å². The maximum atomic E-state index is 7.58. The molecule has 0 fully saturated rings. The summed E-state index contributed by atoms with van der Waals surface area (Å²) in [6.07, 6.45) is 0. The van der Waals surface area contributed by atoms with Gasteiger partial charge in [0.05, 0.1) is 5.69 Å². The molecule has 0 radical (unpaired) electrons. The van der Waals surface area contributed by atoms with E-state index >= 15 is 0 Å². The number of amidine groups is 2. The fourth-order valence-electron chi connectivity index (χ4n) is 2.99. The molecular formula is C22H19N7. The summed E-state index contributed by atoms with van der Waals surface area (Å²) in [4.78, 5) is 1.60. The molecule has 142 valence electrons. The Balaban J connectivity index is 1.85. The van der Waals surface area contributed by atoms with Gasteiger partial charge in [-0.25, -0.2) is 0 Å². The third kappa shape index (κ3) is 3.61. The molecule has 0 aliphatic rings. The van der Waals surface area contributed by atoms with E-state index in [1.807, 2.05) is 54.6 Å². The Labute approximate surface area is 167 Å². The predicted octanol–water partition coefficient (Wildman–Crippen LogP) is 3.17. The second-order valence-corrected chi connectivity index (χ2v) is 6.50. The molecule has 7 nitrogen and oxygen atoms in total. The molecule has 6 N–H and O–H groups in total. The number of benzene rings is 3. The van der Waals surface area contributed by atoms with E-state index in [1.54, 1.807) is 29.1 Å². The van der Waals surface area contributed by atoms with Crippen LogP contribution >= 0.6 is 0 Å². The molecule has 7 heteroatoms. The average Bonchev–Trinajstić information content (AvgIpc) is 3.20. The lowest BCUT2D eigenvalue weighted by Crippen LogP contribution is -2.10. The first kappa shape index (κ1) is 18.1. The maximum absolute atomic E-state index is 7.58. The van der Waals surface area contributed by atoms with E-state index in [9.17, 15) is 0 Å². The van der Waals surface area contributed by atoms with Gasteiger partial charge in [-0.05, 0) is 12.1 Å². The van der Waals surface area contributed by atoms with Gasteiger partial charge in [-0.3, -0.25) is 10.8 Å². The van der Waals surface area contributed by atoms with Crippen LogP contribution < -0.4 is 11.5 Å². The normalized spacial score (nSPS) is 10.6. The van der Waals surface area contributed by atoms with E-state index in [0.29, 0.717) is 22.5 Å². The zero-order valence-electron chi connectivity index (χ0n) is 15.5. The van der Waals surface area contributed by atoms with Gasteiger partial charge in [0.15, 0.2) is 0 Å². The van der Waals surface area contributed by atoms with Gasteiger partial charge in [0.25, 0.3) is 0 Å². The Bertz CT molecular complexity index is 1100. The zero-order valence-corrected chi connectivity index (χ0v) is 15.5. The van der Waals surface area contributed by atoms with Crippen molar-refractivity contribution in [1.82, 2.24) is 15.0 Å². The van der Waals surface area contributed by atoms with Crippen molar-refractivity contribution in [2.45, 2.75) is 0 Å². The summed E-state index contributed by atoms with van der Waals surface area (Å²) >= 11 is 0. The summed E-state index contributed by atoms with van der Waals surface area (Å²) in [5.74, 6) is 0.0362. The molecule has 1 heterocycles. The highest BCUT2D eigenvalue weighted by Crippen LogP contribution is 2.30. The van der Waals surface area contributed by atoms with Crippen LogP contribution in [-0.4, -0.2) is 26.7 Å². The van der Waals surface area contributed by atoms with E-state index in [-0.39, 0.29) is 11.7 Å². The Hall–Kier alpha value is -4.26. The van der Waals surface area contributed by atoms with Crippen molar-refractivity contribution in [2.75, 3.05) is 0 Å². The lowest BCUT2D eigenvalue weighted by molar-refractivity contribution is 0.755. The minimum Gasteiger partial charge on any atom is -0.384 e. The number of para-hydroxylation sites is 1. The molecule has 4 aromatic rings. The Morgan fingerprint density at radius 1 is 0.621 bits per heavy atom. The fourth-order valence-corrected chi connectivity index (χ4v) is 2.99. The second-order valence-electron chi connectivity index (χ2n) is 6.50. The molecule has 1 aromatic heterocycles. The van der Waals surface area contributed by atoms with Crippen molar-refractivity contribution in [3.63, 3.8) is 0 Å². The molecule has 0 aliphatic carbocycles. The van der Waals surface area contributed by atoms with E-state index in [1.165, 1.54) is 0 Å². The van der Waals surface area contributed by atoms with Crippen LogP contribution in [-0.2, 0) is 0 Å². The van der Waals surface area contributed by atoms with Crippen molar-refractivity contribution < 1.29 is 0 Å². The van der Waals surface area contributed by atoms with E-state index in [0.717, 1.165) is 16.8 Å². The van der Waals surface area contributed by atoms with Crippen molar-refractivity contribution in [3.8, 4) is 28.2 Å². The van der Waals surface area contributed by atoms with Crippen molar-refractivity contribution in [1.29, 1.82) is 10.8 Å². The standard InChI is InChI=1S/C22H19N7/c23-21(24)16-10-6-14(7-11-16)19-20(15-8-12-17(13-9-15)22(25)26)28-29(27-19)18-4-2-1-3-5-18/h1-13H,(H3,23,24)(H3,25,26). The molecule has 0 spiro atoms. The number of hydrogen-bond acceptors (Lipinski definition) is 4. The topological polar surface area (TPSA) is 130 Å². The zero-order chi connectivity index (χ0) is 20.4. The maximum Gasteiger partial charge on any atom is 0.122 e. The highest BCUT2D eigenvalue weighted by Gasteiger charge is 2.16. The van der Waals surface area contributed by atoms with Crippen LogP contribution in [0.15, 0.2) is 78.9 Å². The number of rotatable bonds is 5. The monoisotopic (exact) mass is 381 g/mol. The summed E-state index contributed by atoms with van der Waals surface area (Å²) in [5, 5.41) is 24.6. The molecular weight excluding hydrogens is 362 g/mol. The Morgan fingerprint density at radius 3 is 1.41 bits per heavy atom. The molecule has 0 aliphatic heterocycles. The molecule has 0 amide bonds. The quantitative estimate of drug-likeness (QED) is 0.312. The smallest absolute Gasteiger partial charge is 0.122 e. The van der Waals surface area contributed by atoms with Gasteiger partial charge in [-0.1, -0.05) is 66.7 Å². The van der Waals surface area contributed by atoms with Gasteiger partial charge in [0.1, 0.15) is 23.1 Å². The fraction of sp³-hybridized carbons (Fsp3) is 0. The summed E-state index contributed by atoms with van der Waals surface area (Å²) in [6.45, 7) is 0. The first-order chi connectivity index (χ1) is 14.0. The van der Waals surface area contributed by atoms with Crippen molar-refractivity contribution >= 4 is 11.7 Å². The van der Waals surface area contributed by atoms with Gasteiger partial charge in [0.2, 0.25) is 0 Å². The van der Waals surface area contributed by atoms with Crippen LogP contribution in [0.1, 0.15) is 11.1 Å². The number of nitrogens with zero attached hydrogens (tertiary/aromatic N) is 3. The van der Waals surface area contributed by atoms with Gasteiger partial charge in [0, 0.05) is 22.3 Å². The van der Waals surface area contributed by atoms with Crippen LogP contribution in [0.3, 0.4) is 0 Å². The number of nitrogen functional groups attached to an aromatic ring is 2. The molecule has 3 aromatic carbocycles. The summed E-state index contributed by atoms with van der Waals surface area (Å²) < 4.78 is 0. The molecule has 0 bridgehead atoms. The van der Waals surface area contributed by atoms with Crippen LogP contribution in [0.4, 0.5) is 0 Å². The van der Waals surface area contributed by atoms with Crippen LogP contribution in [0, 0.1) is 10.8 Å². The Morgan fingerprint density at radius 2 is 1.03 bits per heavy atom. The molecule has 29 heavy (non-hydrogen) atoms. The largest absolute Gasteiger partial charge is 0.384 e. The predicted molar refractivity (Wildman–Crippen MR) is 114 cm³/mol. The molecule has 4 rings (SSSR count). The minimum absolute atomic E-state index is 0.0181. The molecule has 0 saturated carbocycles. The van der Waals surface area contributed by atoms with E-state index in [2.05, 4.69) is 0 Å². The number of aromatic nitrogens is 3. The SMILES string of the molecule is N=C(N)c1ccc(-c2nn(-c3ccccc3)nc2-c2ccc(C(=N)N)cc2)cc1. The van der Waals surface area contributed by atoms with Crippen molar-refractivity contribution in [3.05, 3.63) is 90.0 Å². The van der Waals surface area contributed by atoms with Crippen LogP contribution in [0.2, 0.25) is 0 Å². The van der Waals surface area contributed by atoms with Gasteiger partial charge >= 0.3 is 0 Å². The summed E-state index contributed by atoms with van der Waals surface area (Å²) in [7, 11) is 0. The third-order valence-electron chi connectivity index (χ3n) is 4.54. The van der Waals surface area contributed by atoms with Gasteiger partial charge in [-0.15, -0.1) is 10.2 Å². The average molecular weight is 381 g/mol. The first-order valence-corrected chi connectivity index (χ1v) is 8.95. The Kier molecular flexibility index (Phi) is 4.62. The molecule has 0 atom stereocenters. The third-order valence-corrected chi connectivity index (χ3v) is 4.54. The number of hydrogen-bond donors (Lipinski definition) is 4. The summed E-state index contributed by atoms with van der Waals surface area (Å²) in [5.41, 5.74) is 16.4. The highest BCUT2D eigenvalue weighted by molar-refractivity contribution is 5.96. The van der Waals surface area contributed by atoms with Gasteiger partial charge < -0.3 is 11.5 Å². The highest BCUT2D eigenvalue weighted by atomic mass is 15.5. The summed E-state index contributed by atoms with van der Waals surface area (Å²) in [6, 6.07) is 24.4. The second kappa shape index (κ2) is 7.40. The minimum atomic E-state index is 0.0181. The lowest BCUT2D eigenvalue weighted by atomic mass is 10.0. The van der Waals surface area contributed by atoms with Crippen molar-refractivity contribution in [2.24, 2.45) is 11.5 Å².